The molecule has 0 aliphatic carbocycles. The first-order chi connectivity index (χ1) is 11.5. The largest absolute Gasteiger partial charge is 0.508 e. The van der Waals surface area contributed by atoms with Gasteiger partial charge < -0.3 is 14.9 Å². The van der Waals surface area contributed by atoms with Gasteiger partial charge in [0.2, 0.25) is 0 Å². The topological polar surface area (TPSA) is 87.1 Å². The molecule has 1 heterocycles. The number of hydrogen-bond acceptors (Lipinski definition) is 4. The highest BCUT2D eigenvalue weighted by molar-refractivity contribution is 6.04. The average molecular weight is 327 g/mol. The van der Waals surface area contributed by atoms with E-state index in [0.29, 0.717) is 12.2 Å². The van der Waals surface area contributed by atoms with Crippen molar-refractivity contribution in [3.8, 4) is 11.5 Å². The Kier molecular flexibility index (Phi) is 4.12. The van der Waals surface area contributed by atoms with Crippen LogP contribution in [0.5, 0.6) is 11.5 Å². The van der Waals surface area contributed by atoms with Gasteiger partial charge >= 0.3 is 5.97 Å². The first-order valence-corrected chi connectivity index (χ1v) is 7.57. The summed E-state index contributed by atoms with van der Waals surface area (Å²) in [6.45, 7) is 1.43. The molecule has 1 aliphatic rings. The van der Waals surface area contributed by atoms with Gasteiger partial charge in [-0.1, -0.05) is 30.3 Å². The number of aromatic hydroxyl groups is 1. The summed E-state index contributed by atoms with van der Waals surface area (Å²) >= 11 is 0. The fourth-order valence-corrected chi connectivity index (χ4v) is 2.74. The SMILES string of the molecule is CC(C(=O)O)N1C(=O)C(Cc2ccccc2)Oc2ccc(O)cc21. The number of phenolic OH excluding ortho intramolecular Hbond substituents is 1. The van der Waals surface area contributed by atoms with E-state index >= 15 is 0 Å². The number of carbonyl (C=O) groups is 2. The van der Waals surface area contributed by atoms with Gasteiger partial charge in [0, 0.05) is 12.5 Å². The van der Waals surface area contributed by atoms with Gasteiger partial charge in [-0.15, -0.1) is 0 Å². The van der Waals surface area contributed by atoms with Crippen LogP contribution in [0.15, 0.2) is 48.5 Å². The number of carboxylic acids is 1. The minimum absolute atomic E-state index is 0.0609. The van der Waals surface area contributed by atoms with Crippen molar-refractivity contribution in [2.45, 2.75) is 25.5 Å². The van der Waals surface area contributed by atoms with Gasteiger partial charge in [0.15, 0.2) is 6.10 Å². The Morgan fingerprint density at radius 3 is 2.62 bits per heavy atom. The maximum atomic E-state index is 12.8. The molecule has 6 nitrogen and oxygen atoms in total. The summed E-state index contributed by atoms with van der Waals surface area (Å²) in [5, 5.41) is 19.0. The molecule has 6 heteroatoms. The Morgan fingerprint density at radius 1 is 1.25 bits per heavy atom. The monoisotopic (exact) mass is 327 g/mol. The summed E-state index contributed by atoms with van der Waals surface area (Å²) < 4.78 is 5.77. The molecule has 2 N–H and O–H groups in total. The van der Waals surface area contributed by atoms with E-state index in [1.807, 2.05) is 30.3 Å². The smallest absolute Gasteiger partial charge is 0.326 e. The van der Waals surface area contributed by atoms with Crippen LogP contribution in [-0.2, 0) is 16.0 Å². The zero-order chi connectivity index (χ0) is 17.3. The van der Waals surface area contributed by atoms with E-state index in [9.17, 15) is 19.8 Å². The van der Waals surface area contributed by atoms with E-state index in [2.05, 4.69) is 0 Å². The van der Waals surface area contributed by atoms with Crippen molar-refractivity contribution in [1.82, 2.24) is 0 Å². The summed E-state index contributed by atoms with van der Waals surface area (Å²) in [5.74, 6) is -1.25. The van der Waals surface area contributed by atoms with Crippen molar-refractivity contribution >= 4 is 17.6 Å². The van der Waals surface area contributed by atoms with E-state index in [1.54, 1.807) is 0 Å². The molecule has 0 aromatic heterocycles. The lowest BCUT2D eigenvalue weighted by molar-refractivity contribution is -0.140. The quantitative estimate of drug-likeness (QED) is 0.899. The Balaban J connectivity index is 1.99. The highest BCUT2D eigenvalue weighted by atomic mass is 16.5. The third-order valence-corrected chi connectivity index (χ3v) is 3.99. The van der Waals surface area contributed by atoms with E-state index in [1.165, 1.54) is 30.0 Å². The summed E-state index contributed by atoms with van der Waals surface area (Å²) in [4.78, 5) is 25.4. The summed E-state index contributed by atoms with van der Waals surface area (Å²) in [7, 11) is 0. The maximum Gasteiger partial charge on any atom is 0.326 e. The van der Waals surface area contributed by atoms with E-state index in [0.717, 1.165) is 5.56 Å². The standard InChI is InChI=1S/C18H17NO5/c1-11(18(22)23)19-14-10-13(20)7-8-15(14)24-16(17(19)21)9-12-5-3-2-4-6-12/h2-8,10-11,16,20H,9H2,1H3,(H,22,23). The predicted octanol–water partition coefficient (Wildman–Crippen LogP) is 2.20. The van der Waals surface area contributed by atoms with Crippen LogP contribution in [0.25, 0.3) is 0 Å². The van der Waals surface area contributed by atoms with E-state index in [-0.39, 0.29) is 11.4 Å². The van der Waals surface area contributed by atoms with Crippen LogP contribution in [0.2, 0.25) is 0 Å². The molecule has 124 valence electrons. The van der Waals surface area contributed by atoms with Crippen LogP contribution in [0.4, 0.5) is 5.69 Å². The minimum atomic E-state index is -1.13. The van der Waals surface area contributed by atoms with Crippen molar-refractivity contribution in [2.24, 2.45) is 0 Å². The van der Waals surface area contributed by atoms with Gasteiger partial charge in [-0.3, -0.25) is 9.69 Å². The lowest BCUT2D eigenvalue weighted by atomic mass is 10.0. The molecule has 2 unspecified atom stereocenters. The average Bonchev–Trinajstić information content (AvgIpc) is 2.56. The van der Waals surface area contributed by atoms with Crippen LogP contribution in [0.3, 0.4) is 0 Å². The third-order valence-electron chi connectivity index (χ3n) is 3.99. The molecule has 2 atom stereocenters. The summed E-state index contributed by atoms with van der Waals surface area (Å²) in [6, 6.07) is 12.6. The van der Waals surface area contributed by atoms with Crippen LogP contribution >= 0.6 is 0 Å². The molecular weight excluding hydrogens is 310 g/mol. The van der Waals surface area contributed by atoms with Crippen LogP contribution < -0.4 is 9.64 Å². The number of anilines is 1. The number of carbonyl (C=O) groups excluding carboxylic acids is 1. The van der Waals surface area contributed by atoms with Gasteiger partial charge in [-0.25, -0.2) is 4.79 Å². The number of amides is 1. The molecule has 0 radical (unpaired) electrons. The molecule has 0 saturated carbocycles. The third kappa shape index (κ3) is 2.90. The number of hydrogen-bond donors (Lipinski definition) is 2. The molecule has 0 bridgehead atoms. The number of benzene rings is 2. The van der Waals surface area contributed by atoms with E-state index < -0.39 is 24.0 Å². The molecule has 0 spiro atoms. The Hall–Kier alpha value is -3.02. The van der Waals surface area contributed by atoms with Gasteiger partial charge in [-0.2, -0.15) is 0 Å². The zero-order valence-corrected chi connectivity index (χ0v) is 13.0. The Labute approximate surface area is 138 Å². The molecule has 24 heavy (non-hydrogen) atoms. The molecule has 1 amide bonds. The van der Waals surface area contributed by atoms with Gasteiger partial charge in [0.1, 0.15) is 17.5 Å². The number of ether oxygens (including phenoxy) is 1. The highest BCUT2D eigenvalue weighted by Gasteiger charge is 2.39. The van der Waals surface area contributed by atoms with Crippen molar-refractivity contribution in [2.75, 3.05) is 4.90 Å². The molecule has 2 aromatic rings. The second kappa shape index (κ2) is 6.23. The molecule has 2 aromatic carbocycles. The molecule has 0 fully saturated rings. The molecule has 3 rings (SSSR count). The van der Waals surface area contributed by atoms with Gasteiger partial charge in [0.05, 0.1) is 5.69 Å². The number of phenols is 1. The minimum Gasteiger partial charge on any atom is -0.508 e. The number of carboxylic acid groups (broad SMARTS) is 1. The zero-order valence-electron chi connectivity index (χ0n) is 13.0. The van der Waals surface area contributed by atoms with Crippen LogP contribution in [0, 0.1) is 0 Å². The van der Waals surface area contributed by atoms with Gasteiger partial charge in [0.25, 0.3) is 5.91 Å². The van der Waals surface area contributed by atoms with Crippen LogP contribution in [-0.4, -0.2) is 34.2 Å². The second-order valence-electron chi connectivity index (χ2n) is 5.67. The number of aliphatic carboxylic acids is 1. The fourth-order valence-electron chi connectivity index (χ4n) is 2.74. The van der Waals surface area contributed by atoms with E-state index in [4.69, 9.17) is 4.74 Å². The summed E-state index contributed by atoms with van der Waals surface area (Å²) in [5.41, 5.74) is 1.18. The van der Waals surface area contributed by atoms with Crippen molar-refractivity contribution in [3.05, 3.63) is 54.1 Å². The number of fused-ring (bicyclic) bond motifs is 1. The lowest BCUT2D eigenvalue weighted by Gasteiger charge is -2.36. The van der Waals surface area contributed by atoms with Crippen molar-refractivity contribution < 1.29 is 24.5 Å². The lowest BCUT2D eigenvalue weighted by Crippen LogP contribution is -2.53. The normalized spacial score (nSPS) is 17.8. The Morgan fingerprint density at radius 2 is 1.96 bits per heavy atom. The highest BCUT2D eigenvalue weighted by Crippen LogP contribution is 2.38. The molecular formula is C18H17NO5. The maximum absolute atomic E-state index is 12.8. The first-order valence-electron chi connectivity index (χ1n) is 7.57. The summed E-state index contributed by atoms with van der Waals surface area (Å²) in [6.07, 6.45) is -0.478. The number of nitrogens with zero attached hydrogens (tertiary/aromatic N) is 1. The second-order valence-corrected chi connectivity index (χ2v) is 5.67. The van der Waals surface area contributed by atoms with Crippen molar-refractivity contribution in [3.63, 3.8) is 0 Å². The van der Waals surface area contributed by atoms with Crippen LogP contribution in [0.1, 0.15) is 12.5 Å². The fraction of sp³-hybridized carbons (Fsp3) is 0.222. The predicted molar refractivity (Wildman–Crippen MR) is 87.3 cm³/mol. The molecule has 0 saturated heterocycles. The number of rotatable bonds is 4. The first kappa shape index (κ1) is 15.9. The van der Waals surface area contributed by atoms with Crippen molar-refractivity contribution in [1.29, 1.82) is 0 Å². The Bertz CT molecular complexity index is 774. The van der Waals surface area contributed by atoms with Gasteiger partial charge in [-0.05, 0) is 24.6 Å². The molecule has 1 aliphatic heterocycles.